The van der Waals surface area contributed by atoms with E-state index in [-0.39, 0.29) is 4.92 Å². The van der Waals surface area contributed by atoms with Crippen LogP contribution in [0, 0.1) is 10.1 Å². The zero-order valence-corrected chi connectivity index (χ0v) is 34.4. The molecule has 2 rings (SSSR count). The Labute approximate surface area is 328 Å². The van der Waals surface area contributed by atoms with Gasteiger partial charge in [-0.15, -0.1) is 0 Å². The lowest BCUT2D eigenvalue weighted by molar-refractivity contribution is -0.530. The number of hydrogen-bond donors (Lipinski definition) is 3. The topological polar surface area (TPSA) is 150 Å². The summed E-state index contributed by atoms with van der Waals surface area (Å²) < 4.78 is 0. The van der Waals surface area contributed by atoms with Gasteiger partial charge in [-0.2, -0.15) is 0 Å². The van der Waals surface area contributed by atoms with E-state index in [2.05, 4.69) is 49.6 Å². The number of unbranched alkanes of at least 4 members (excludes halogenated alkanes) is 11. The van der Waals surface area contributed by atoms with Gasteiger partial charge in [-0.25, -0.2) is 9.59 Å². The van der Waals surface area contributed by atoms with Crippen LogP contribution in [0.25, 0.3) is 0 Å². The van der Waals surface area contributed by atoms with Crippen molar-refractivity contribution in [1.29, 1.82) is 0 Å². The first-order valence-electron chi connectivity index (χ1n) is 21.0. The number of aryl methyl sites for hydroxylation is 1. The van der Waals surface area contributed by atoms with Gasteiger partial charge in [0.2, 0.25) is 6.04 Å². The van der Waals surface area contributed by atoms with Crippen LogP contribution >= 0.6 is 0 Å². The highest BCUT2D eigenvalue weighted by molar-refractivity contribution is 6.27. The number of nitro groups is 1. The molecule has 0 spiro atoms. The molecule has 0 saturated carbocycles. The lowest BCUT2D eigenvalue weighted by Crippen LogP contribution is -2.28. The summed E-state index contributed by atoms with van der Waals surface area (Å²) in [6, 6.07) is 17.2. The van der Waals surface area contributed by atoms with E-state index in [1.807, 2.05) is 42.5 Å². The third kappa shape index (κ3) is 28.9. The van der Waals surface area contributed by atoms with Gasteiger partial charge >= 0.3 is 11.9 Å². The predicted octanol–water partition coefficient (Wildman–Crippen LogP) is 10.7. The number of nitrogen functional groups attached to an aromatic ring is 1. The van der Waals surface area contributed by atoms with E-state index in [1.54, 1.807) is 0 Å². The molecule has 0 amide bonds. The molecule has 1 atom stereocenters. The number of carboxylic acid groups (broad SMARTS) is 2. The summed E-state index contributed by atoms with van der Waals surface area (Å²) in [7, 11) is 0. The van der Waals surface area contributed by atoms with Crippen LogP contribution in [0.15, 0.2) is 54.6 Å². The number of nitrogens with two attached hydrogens (primary N) is 1. The molecular formula is C44H76N4O6. The third-order valence-electron chi connectivity index (χ3n) is 9.55. The molecule has 1 unspecified atom stereocenters. The maximum Gasteiger partial charge on any atom is 0.414 e. The van der Waals surface area contributed by atoms with E-state index in [1.165, 1.54) is 134 Å². The van der Waals surface area contributed by atoms with Gasteiger partial charge in [0.25, 0.3) is 0 Å². The predicted molar refractivity (Wildman–Crippen MR) is 225 cm³/mol. The van der Waals surface area contributed by atoms with Crippen LogP contribution < -0.4 is 5.73 Å². The SMILES string of the molecule is CCCCCCCN(CCCC)CCCC(c1ccccc1)[N+](=O)[O-].CCCCCCCN(CCCC)CCCCc1ccc(N)cc1.O=C(O)C(=O)O. The number of carboxylic acids is 2. The smallest absolute Gasteiger partial charge is 0.414 e. The molecular weight excluding hydrogens is 681 g/mol. The summed E-state index contributed by atoms with van der Waals surface area (Å²) in [5.41, 5.74) is 8.84. The molecule has 0 fully saturated rings. The van der Waals surface area contributed by atoms with Crippen LogP contribution in [0.1, 0.15) is 160 Å². The summed E-state index contributed by atoms with van der Waals surface area (Å²) in [4.78, 5) is 34.7. The largest absolute Gasteiger partial charge is 0.473 e. The average molecular weight is 757 g/mol. The zero-order chi connectivity index (χ0) is 40.2. The van der Waals surface area contributed by atoms with E-state index in [0.29, 0.717) is 6.42 Å². The highest BCUT2D eigenvalue weighted by Crippen LogP contribution is 2.22. The van der Waals surface area contributed by atoms with Crippen molar-refractivity contribution in [3.05, 3.63) is 75.8 Å². The van der Waals surface area contributed by atoms with E-state index < -0.39 is 18.0 Å². The fourth-order valence-corrected chi connectivity index (χ4v) is 6.24. The van der Waals surface area contributed by atoms with Gasteiger partial charge < -0.3 is 25.7 Å². The Balaban J connectivity index is 0.000000905. The molecule has 0 aliphatic heterocycles. The van der Waals surface area contributed by atoms with Crippen molar-refractivity contribution in [3.8, 4) is 0 Å². The van der Waals surface area contributed by atoms with Gasteiger partial charge in [0.15, 0.2) is 0 Å². The van der Waals surface area contributed by atoms with Crippen LogP contribution in [0.2, 0.25) is 0 Å². The molecule has 0 bridgehead atoms. The second-order valence-corrected chi connectivity index (χ2v) is 14.4. The minimum atomic E-state index is -1.82. The van der Waals surface area contributed by atoms with Crippen LogP contribution in [-0.4, -0.2) is 76.1 Å². The van der Waals surface area contributed by atoms with Gasteiger partial charge in [0.1, 0.15) is 0 Å². The monoisotopic (exact) mass is 757 g/mol. The molecule has 308 valence electrons. The molecule has 0 saturated heterocycles. The molecule has 0 aliphatic carbocycles. The Morgan fingerprint density at radius 2 is 1.00 bits per heavy atom. The first kappa shape index (κ1) is 50.5. The summed E-state index contributed by atoms with van der Waals surface area (Å²) in [6.07, 6.45) is 23.8. The van der Waals surface area contributed by atoms with Crippen molar-refractivity contribution in [2.24, 2.45) is 0 Å². The van der Waals surface area contributed by atoms with Crippen LogP contribution in [0.3, 0.4) is 0 Å². The Morgan fingerprint density at radius 1 is 0.593 bits per heavy atom. The first-order chi connectivity index (χ1) is 26.1. The molecule has 54 heavy (non-hydrogen) atoms. The summed E-state index contributed by atoms with van der Waals surface area (Å²) in [5, 5.41) is 26.2. The summed E-state index contributed by atoms with van der Waals surface area (Å²) in [6.45, 7) is 16.1. The van der Waals surface area contributed by atoms with Gasteiger partial charge in [0, 0.05) is 22.6 Å². The molecule has 2 aromatic carbocycles. The van der Waals surface area contributed by atoms with Crippen molar-refractivity contribution in [2.75, 3.05) is 45.0 Å². The molecule has 0 aliphatic rings. The highest BCUT2D eigenvalue weighted by atomic mass is 16.6. The van der Waals surface area contributed by atoms with E-state index in [4.69, 9.17) is 25.5 Å². The number of benzene rings is 2. The summed E-state index contributed by atoms with van der Waals surface area (Å²) in [5.74, 6) is -3.65. The van der Waals surface area contributed by atoms with Crippen molar-refractivity contribution in [1.82, 2.24) is 9.80 Å². The van der Waals surface area contributed by atoms with Crippen molar-refractivity contribution in [2.45, 2.75) is 156 Å². The lowest BCUT2D eigenvalue weighted by atomic mass is 10.0. The number of anilines is 1. The normalized spacial score (nSPS) is 11.4. The Bertz CT molecular complexity index is 1170. The second kappa shape index (κ2) is 35.2. The van der Waals surface area contributed by atoms with Gasteiger partial charge in [-0.1, -0.05) is 134 Å². The van der Waals surface area contributed by atoms with Crippen LogP contribution in [-0.2, 0) is 16.0 Å². The van der Waals surface area contributed by atoms with Gasteiger partial charge in [0.05, 0.1) is 0 Å². The van der Waals surface area contributed by atoms with Gasteiger partial charge in [-0.3, -0.25) is 10.1 Å². The maximum atomic E-state index is 11.4. The third-order valence-corrected chi connectivity index (χ3v) is 9.55. The second-order valence-electron chi connectivity index (χ2n) is 14.4. The van der Waals surface area contributed by atoms with Crippen LogP contribution in [0.5, 0.6) is 0 Å². The van der Waals surface area contributed by atoms with Crippen molar-refractivity contribution in [3.63, 3.8) is 0 Å². The number of carbonyl (C=O) groups is 2. The average Bonchev–Trinajstić information content (AvgIpc) is 3.16. The summed E-state index contributed by atoms with van der Waals surface area (Å²) >= 11 is 0. The highest BCUT2D eigenvalue weighted by Gasteiger charge is 2.22. The van der Waals surface area contributed by atoms with Crippen molar-refractivity contribution >= 4 is 17.6 Å². The molecule has 0 radical (unpaired) electrons. The molecule has 10 nitrogen and oxygen atoms in total. The zero-order valence-electron chi connectivity index (χ0n) is 34.4. The molecule has 10 heteroatoms. The fraction of sp³-hybridized carbons (Fsp3) is 0.682. The minimum absolute atomic E-state index is 0.129. The van der Waals surface area contributed by atoms with Crippen LogP contribution in [0.4, 0.5) is 5.69 Å². The van der Waals surface area contributed by atoms with Gasteiger partial charge in [-0.05, 0) is 108 Å². The standard InChI is InChI=1S/C21H36N2O2.C21H38N2.C2H2O4/c1-3-5-7-8-12-18-22(17-6-4-2)19-13-16-21(23(24)25)20-14-10-9-11-15-20;1-3-5-7-8-10-18-23(17-6-4-2)19-11-9-12-20-13-15-21(22)16-14-20;3-1(4)2(5)6/h9-11,14-15,21H,3-8,12-13,16-19H2,1-2H3;13-16H,3-12,17-19,22H2,1-2H3;(H,3,4)(H,5,6). The number of rotatable bonds is 29. The van der Waals surface area contributed by atoms with E-state index in [0.717, 1.165) is 37.3 Å². The Morgan fingerprint density at radius 3 is 1.43 bits per heavy atom. The maximum absolute atomic E-state index is 11.4. The molecule has 0 aromatic heterocycles. The quantitative estimate of drug-likeness (QED) is 0.0242. The van der Waals surface area contributed by atoms with E-state index in [9.17, 15) is 10.1 Å². The molecule has 2 aromatic rings. The first-order valence-corrected chi connectivity index (χ1v) is 21.0. The minimum Gasteiger partial charge on any atom is -0.473 e. The number of aliphatic carboxylic acids is 2. The van der Waals surface area contributed by atoms with Crippen molar-refractivity contribution < 1.29 is 24.7 Å². The molecule has 0 heterocycles. The molecule has 4 N–H and O–H groups in total. The number of hydrogen-bond acceptors (Lipinski definition) is 7. The Kier molecular flexibility index (Phi) is 32.9. The Hall–Kier alpha value is -3.50. The fourth-order valence-electron chi connectivity index (χ4n) is 6.24. The number of nitrogens with zero attached hydrogens (tertiary/aromatic N) is 3. The van der Waals surface area contributed by atoms with E-state index >= 15 is 0 Å². The lowest BCUT2D eigenvalue weighted by Gasteiger charge is -2.22.